The SMILES string of the molecule is CCC/C=C/c1c(C#N)oc2c(Br)c(NC3CCN(C)CC3)ncc12. The molecule has 6 heteroatoms. The van der Waals surface area contributed by atoms with Gasteiger partial charge in [0.1, 0.15) is 16.4 Å². The normalized spacial score (nSPS) is 16.6. The van der Waals surface area contributed by atoms with Crippen molar-refractivity contribution in [2.75, 3.05) is 25.5 Å². The molecule has 0 unspecified atom stereocenters. The molecule has 25 heavy (non-hydrogen) atoms. The minimum Gasteiger partial charge on any atom is -0.444 e. The van der Waals surface area contributed by atoms with Gasteiger partial charge >= 0.3 is 0 Å². The molecule has 132 valence electrons. The number of hydrogen-bond donors (Lipinski definition) is 1. The van der Waals surface area contributed by atoms with Crippen LogP contribution in [0.25, 0.3) is 17.0 Å². The first-order valence-corrected chi connectivity index (χ1v) is 9.56. The van der Waals surface area contributed by atoms with Crippen LogP contribution >= 0.6 is 15.9 Å². The summed E-state index contributed by atoms with van der Waals surface area (Å²) in [4.78, 5) is 6.92. The van der Waals surface area contributed by atoms with Crippen molar-refractivity contribution in [2.24, 2.45) is 0 Å². The maximum absolute atomic E-state index is 9.39. The van der Waals surface area contributed by atoms with E-state index < -0.39 is 0 Å². The number of anilines is 1. The van der Waals surface area contributed by atoms with E-state index in [-0.39, 0.29) is 0 Å². The van der Waals surface area contributed by atoms with Crippen molar-refractivity contribution < 1.29 is 4.42 Å². The number of nitriles is 1. The fourth-order valence-electron chi connectivity index (χ4n) is 3.10. The molecule has 0 spiro atoms. The predicted octanol–water partition coefficient (Wildman–Crippen LogP) is 4.78. The van der Waals surface area contributed by atoms with Crippen molar-refractivity contribution in [1.29, 1.82) is 5.26 Å². The Hall–Kier alpha value is -1.84. The molecule has 5 nitrogen and oxygen atoms in total. The number of fused-ring (bicyclic) bond motifs is 1. The number of allylic oxidation sites excluding steroid dienone is 1. The Labute approximate surface area is 156 Å². The Morgan fingerprint density at radius 3 is 2.92 bits per heavy atom. The van der Waals surface area contributed by atoms with E-state index in [1.807, 2.05) is 6.08 Å². The Kier molecular flexibility index (Phi) is 5.77. The number of aromatic nitrogens is 1. The van der Waals surface area contributed by atoms with Crippen LogP contribution < -0.4 is 5.32 Å². The second-order valence-corrected chi connectivity index (χ2v) is 7.33. The molecule has 2 aromatic rings. The number of nitrogens with one attached hydrogen (secondary N) is 1. The number of pyridine rings is 1. The Morgan fingerprint density at radius 1 is 1.48 bits per heavy atom. The minimum absolute atomic E-state index is 0.335. The minimum atomic E-state index is 0.335. The highest BCUT2D eigenvalue weighted by atomic mass is 79.9. The zero-order valence-corrected chi connectivity index (χ0v) is 16.3. The highest BCUT2D eigenvalue weighted by Crippen LogP contribution is 2.36. The van der Waals surface area contributed by atoms with Gasteiger partial charge in [-0.25, -0.2) is 4.98 Å². The van der Waals surface area contributed by atoms with Gasteiger partial charge in [0.05, 0.1) is 0 Å². The monoisotopic (exact) mass is 402 g/mol. The second-order valence-electron chi connectivity index (χ2n) is 6.53. The van der Waals surface area contributed by atoms with Crippen LogP contribution in [-0.4, -0.2) is 36.1 Å². The van der Waals surface area contributed by atoms with E-state index in [0.29, 0.717) is 17.4 Å². The maximum Gasteiger partial charge on any atom is 0.212 e. The summed E-state index contributed by atoms with van der Waals surface area (Å²) in [6, 6.07) is 2.56. The molecule has 0 aliphatic carbocycles. The lowest BCUT2D eigenvalue weighted by Gasteiger charge is -2.30. The van der Waals surface area contributed by atoms with Crippen LogP contribution in [0.4, 0.5) is 5.82 Å². The van der Waals surface area contributed by atoms with E-state index in [1.165, 1.54) is 0 Å². The number of hydrogen-bond acceptors (Lipinski definition) is 5. The van der Waals surface area contributed by atoms with Gasteiger partial charge in [-0.15, -0.1) is 0 Å². The Morgan fingerprint density at radius 2 is 2.24 bits per heavy atom. The summed E-state index contributed by atoms with van der Waals surface area (Å²) in [6.45, 7) is 4.30. The Balaban J connectivity index is 1.91. The van der Waals surface area contributed by atoms with Gasteiger partial charge in [-0.2, -0.15) is 5.26 Å². The number of unbranched alkanes of at least 4 members (excludes halogenated alkanes) is 1. The van der Waals surface area contributed by atoms with Crippen LogP contribution in [0.1, 0.15) is 43.9 Å². The van der Waals surface area contributed by atoms with E-state index in [4.69, 9.17) is 4.42 Å². The third kappa shape index (κ3) is 3.88. The molecule has 0 saturated carbocycles. The van der Waals surface area contributed by atoms with Gasteiger partial charge in [-0.05, 0) is 55.3 Å². The molecule has 1 aliphatic heterocycles. The van der Waals surface area contributed by atoms with E-state index in [2.05, 4.69) is 57.2 Å². The standard InChI is InChI=1S/C19H23BrN4O/c1-3-4-5-6-14-15-12-22-19(17(20)18(15)25-16(14)11-21)23-13-7-9-24(2)10-8-13/h5-6,12-13H,3-4,7-10H2,1-2H3,(H,22,23)/b6-5+. The summed E-state index contributed by atoms with van der Waals surface area (Å²) < 4.78 is 6.60. The van der Waals surface area contributed by atoms with Gasteiger partial charge in [-0.1, -0.05) is 25.5 Å². The molecule has 3 heterocycles. The number of furan rings is 1. The molecule has 2 aromatic heterocycles. The highest BCUT2D eigenvalue weighted by molar-refractivity contribution is 9.10. The molecular weight excluding hydrogens is 380 g/mol. The number of rotatable bonds is 5. The average molecular weight is 403 g/mol. The molecule has 0 bridgehead atoms. The summed E-state index contributed by atoms with van der Waals surface area (Å²) in [5.74, 6) is 1.12. The predicted molar refractivity (Wildman–Crippen MR) is 105 cm³/mol. The fourth-order valence-corrected chi connectivity index (χ4v) is 3.62. The molecule has 0 amide bonds. The molecule has 1 saturated heterocycles. The quantitative estimate of drug-likeness (QED) is 0.778. The van der Waals surface area contributed by atoms with Crippen LogP contribution in [0.5, 0.6) is 0 Å². The van der Waals surface area contributed by atoms with Crippen molar-refractivity contribution >= 4 is 38.8 Å². The first-order valence-electron chi connectivity index (χ1n) is 8.76. The largest absolute Gasteiger partial charge is 0.444 e. The van der Waals surface area contributed by atoms with Gasteiger partial charge < -0.3 is 14.6 Å². The van der Waals surface area contributed by atoms with Crippen LogP contribution in [0.15, 0.2) is 21.2 Å². The van der Waals surface area contributed by atoms with Gasteiger partial charge in [0.25, 0.3) is 0 Å². The van der Waals surface area contributed by atoms with E-state index in [0.717, 1.165) is 60.0 Å². The van der Waals surface area contributed by atoms with Gasteiger partial charge in [0.15, 0.2) is 5.58 Å². The lowest BCUT2D eigenvalue weighted by atomic mass is 10.1. The number of nitrogens with zero attached hydrogens (tertiary/aromatic N) is 3. The number of halogens is 1. The van der Waals surface area contributed by atoms with Crippen LogP contribution in [0.2, 0.25) is 0 Å². The first-order chi connectivity index (χ1) is 12.1. The molecule has 1 N–H and O–H groups in total. The highest BCUT2D eigenvalue weighted by Gasteiger charge is 2.21. The molecule has 1 fully saturated rings. The van der Waals surface area contributed by atoms with Crippen molar-refractivity contribution in [2.45, 2.75) is 38.6 Å². The topological polar surface area (TPSA) is 65.1 Å². The summed E-state index contributed by atoms with van der Waals surface area (Å²) in [5.41, 5.74) is 1.49. The lowest BCUT2D eigenvalue weighted by Crippen LogP contribution is -2.36. The zero-order valence-electron chi connectivity index (χ0n) is 14.7. The molecule has 3 rings (SSSR count). The van der Waals surface area contributed by atoms with Gasteiger partial charge in [0, 0.05) is 23.2 Å². The average Bonchev–Trinajstić information content (AvgIpc) is 2.98. The third-order valence-corrected chi connectivity index (χ3v) is 5.35. The smallest absolute Gasteiger partial charge is 0.212 e. The summed E-state index contributed by atoms with van der Waals surface area (Å²) in [7, 11) is 2.15. The van der Waals surface area contributed by atoms with Crippen molar-refractivity contribution in [3.8, 4) is 6.07 Å². The second kappa shape index (κ2) is 8.03. The maximum atomic E-state index is 9.39. The van der Waals surface area contributed by atoms with Crippen LogP contribution in [0.3, 0.4) is 0 Å². The van der Waals surface area contributed by atoms with Crippen molar-refractivity contribution in [3.63, 3.8) is 0 Å². The third-order valence-electron chi connectivity index (χ3n) is 4.61. The first kappa shape index (κ1) is 18.0. The number of likely N-dealkylation sites (tertiary alicyclic amines) is 1. The number of piperidine rings is 1. The van der Waals surface area contributed by atoms with E-state index in [9.17, 15) is 5.26 Å². The molecule has 0 aromatic carbocycles. The molecule has 1 aliphatic rings. The molecule has 0 radical (unpaired) electrons. The fraction of sp³-hybridized carbons (Fsp3) is 0.474. The Bertz CT molecular complexity index is 813. The van der Waals surface area contributed by atoms with Crippen LogP contribution in [0, 0.1) is 11.3 Å². The molecular formula is C19H23BrN4O. The van der Waals surface area contributed by atoms with Gasteiger partial charge in [0.2, 0.25) is 5.76 Å². The van der Waals surface area contributed by atoms with Crippen LogP contribution in [-0.2, 0) is 0 Å². The van der Waals surface area contributed by atoms with Gasteiger partial charge in [-0.3, -0.25) is 0 Å². The summed E-state index contributed by atoms with van der Waals surface area (Å²) in [5, 5.41) is 13.8. The van der Waals surface area contributed by atoms with Crippen molar-refractivity contribution in [1.82, 2.24) is 9.88 Å². The van der Waals surface area contributed by atoms with Crippen molar-refractivity contribution in [3.05, 3.63) is 28.1 Å². The summed E-state index contributed by atoms with van der Waals surface area (Å²) in [6.07, 6.45) is 10.1. The zero-order chi connectivity index (χ0) is 17.8. The summed E-state index contributed by atoms with van der Waals surface area (Å²) >= 11 is 3.62. The van der Waals surface area contributed by atoms with E-state index >= 15 is 0 Å². The molecule has 0 atom stereocenters. The lowest BCUT2D eigenvalue weighted by molar-refractivity contribution is 0.263. The van der Waals surface area contributed by atoms with E-state index in [1.54, 1.807) is 6.20 Å².